The Kier molecular flexibility index (Phi) is 3.64. The molecule has 0 saturated carbocycles. The van der Waals surface area contributed by atoms with E-state index in [1.807, 2.05) is 0 Å². The fourth-order valence-electron chi connectivity index (χ4n) is 3.31. The third kappa shape index (κ3) is 2.74. The first-order valence-electron chi connectivity index (χ1n) is 7.07. The van der Waals surface area contributed by atoms with Crippen molar-refractivity contribution in [2.45, 2.75) is 31.5 Å². The van der Waals surface area contributed by atoms with Gasteiger partial charge in [0.05, 0.1) is 0 Å². The smallest absolute Gasteiger partial charge is 0.0234 e. The van der Waals surface area contributed by atoms with Crippen molar-refractivity contribution in [2.75, 3.05) is 26.2 Å². The molecule has 0 spiro atoms. The van der Waals surface area contributed by atoms with E-state index in [2.05, 4.69) is 40.1 Å². The largest absolute Gasteiger partial charge is 0.326 e. The summed E-state index contributed by atoms with van der Waals surface area (Å²) < 4.78 is 0. The molecule has 2 fully saturated rings. The van der Waals surface area contributed by atoms with E-state index in [0.717, 1.165) is 19.1 Å². The van der Waals surface area contributed by atoms with E-state index in [0.29, 0.717) is 6.04 Å². The normalized spacial score (nSPS) is 30.1. The number of hydrogen-bond donors (Lipinski definition) is 1. The molecule has 1 aromatic carbocycles. The van der Waals surface area contributed by atoms with Crippen molar-refractivity contribution in [2.24, 2.45) is 5.73 Å². The van der Waals surface area contributed by atoms with Crippen molar-refractivity contribution in [3.05, 3.63) is 35.9 Å². The zero-order valence-electron chi connectivity index (χ0n) is 11.0. The number of fused-ring (bicyclic) bond motifs is 1. The number of benzene rings is 1. The van der Waals surface area contributed by atoms with Crippen molar-refractivity contribution in [3.8, 4) is 0 Å². The van der Waals surface area contributed by atoms with Gasteiger partial charge in [-0.2, -0.15) is 0 Å². The Balaban J connectivity index is 1.57. The number of rotatable bonds is 2. The Hall–Kier alpha value is -0.900. The number of hydrogen-bond acceptors (Lipinski definition) is 3. The summed E-state index contributed by atoms with van der Waals surface area (Å²) in [6.07, 6.45) is 2.47. The summed E-state index contributed by atoms with van der Waals surface area (Å²) in [6.45, 7) is 5.77. The van der Waals surface area contributed by atoms with Crippen LogP contribution in [0.4, 0.5) is 0 Å². The second-order valence-corrected chi connectivity index (χ2v) is 5.69. The molecule has 2 aliphatic heterocycles. The zero-order chi connectivity index (χ0) is 12.4. The monoisotopic (exact) mass is 245 g/mol. The van der Waals surface area contributed by atoms with Crippen LogP contribution >= 0.6 is 0 Å². The van der Waals surface area contributed by atoms with Gasteiger partial charge in [0, 0.05) is 44.8 Å². The third-order valence-electron chi connectivity index (χ3n) is 4.29. The molecular formula is C15H23N3. The lowest BCUT2D eigenvalue weighted by atomic mass is 10.1. The van der Waals surface area contributed by atoms with E-state index in [1.54, 1.807) is 0 Å². The molecule has 18 heavy (non-hydrogen) atoms. The number of nitrogens with zero attached hydrogens (tertiary/aromatic N) is 2. The van der Waals surface area contributed by atoms with Gasteiger partial charge >= 0.3 is 0 Å². The molecule has 98 valence electrons. The van der Waals surface area contributed by atoms with E-state index in [4.69, 9.17) is 5.73 Å². The van der Waals surface area contributed by atoms with E-state index in [9.17, 15) is 0 Å². The maximum Gasteiger partial charge on any atom is 0.0234 e. The van der Waals surface area contributed by atoms with Crippen LogP contribution < -0.4 is 5.73 Å². The Morgan fingerprint density at radius 2 is 1.94 bits per heavy atom. The summed E-state index contributed by atoms with van der Waals surface area (Å²) in [6, 6.07) is 11.9. The Morgan fingerprint density at radius 1 is 1.11 bits per heavy atom. The highest BCUT2D eigenvalue weighted by molar-refractivity contribution is 5.14. The number of nitrogens with two attached hydrogens (primary N) is 1. The minimum absolute atomic E-state index is 0.413. The van der Waals surface area contributed by atoms with Gasteiger partial charge in [0.2, 0.25) is 0 Å². The second kappa shape index (κ2) is 5.39. The van der Waals surface area contributed by atoms with Crippen molar-refractivity contribution >= 4 is 0 Å². The van der Waals surface area contributed by atoms with E-state index in [1.165, 1.54) is 38.0 Å². The average molecular weight is 245 g/mol. The molecule has 2 N–H and O–H groups in total. The van der Waals surface area contributed by atoms with Crippen LogP contribution in [0.15, 0.2) is 30.3 Å². The maximum atomic E-state index is 6.05. The standard InChI is InChI=1S/C15H23N3/c16-14-10-15-6-7-17(8-9-18(15)12-14)11-13-4-2-1-3-5-13/h1-5,14-15H,6-12,16H2. The van der Waals surface area contributed by atoms with E-state index < -0.39 is 0 Å². The van der Waals surface area contributed by atoms with Crippen LogP contribution in [0, 0.1) is 0 Å². The Labute approximate surface area is 110 Å². The fraction of sp³-hybridized carbons (Fsp3) is 0.600. The van der Waals surface area contributed by atoms with Gasteiger partial charge in [-0.3, -0.25) is 9.80 Å². The summed E-state index contributed by atoms with van der Waals surface area (Å²) in [5.41, 5.74) is 7.48. The fourth-order valence-corrected chi connectivity index (χ4v) is 3.31. The summed E-state index contributed by atoms with van der Waals surface area (Å²) >= 11 is 0. The lowest BCUT2D eigenvalue weighted by Gasteiger charge is -2.21. The molecule has 0 aliphatic carbocycles. The van der Waals surface area contributed by atoms with Gasteiger partial charge in [-0.15, -0.1) is 0 Å². The van der Waals surface area contributed by atoms with Gasteiger partial charge in [0.1, 0.15) is 0 Å². The molecule has 2 atom stereocenters. The predicted molar refractivity (Wildman–Crippen MR) is 74.3 cm³/mol. The second-order valence-electron chi connectivity index (χ2n) is 5.69. The van der Waals surface area contributed by atoms with Crippen molar-refractivity contribution < 1.29 is 0 Å². The van der Waals surface area contributed by atoms with Crippen LogP contribution in [-0.4, -0.2) is 48.1 Å². The summed E-state index contributed by atoms with van der Waals surface area (Å²) in [4.78, 5) is 5.18. The highest BCUT2D eigenvalue weighted by atomic mass is 15.3. The van der Waals surface area contributed by atoms with Gasteiger partial charge in [-0.05, 0) is 18.4 Å². The minimum Gasteiger partial charge on any atom is -0.326 e. The van der Waals surface area contributed by atoms with Gasteiger partial charge in [-0.25, -0.2) is 0 Å². The molecule has 0 aromatic heterocycles. The lowest BCUT2D eigenvalue weighted by molar-refractivity contribution is 0.248. The van der Waals surface area contributed by atoms with Crippen LogP contribution in [0.3, 0.4) is 0 Å². The van der Waals surface area contributed by atoms with Crippen LogP contribution in [0.25, 0.3) is 0 Å². The summed E-state index contributed by atoms with van der Waals surface area (Å²) in [5, 5.41) is 0. The lowest BCUT2D eigenvalue weighted by Crippen LogP contribution is -2.33. The first-order valence-corrected chi connectivity index (χ1v) is 7.07. The van der Waals surface area contributed by atoms with Crippen LogP contribution in [-0.2, 0) is 6.54 Å². The first kappa shape index (κ1) is 12.2. The molecule has 0 radical (unpaired) electrons. The first-order chi connectivity index (χ1) is 8.81. The van der Waals surface area contributed by atoms with Gasteiger partial charge in [-0.1, -0.05) is 30.3 Å². The summed E-state index contributed by atoms with van der Waals surface area (Å²) in [5.74, 6) is 0. The molecule has 2 unspecified atom stereocenters. The molecule has 3 nitrogen and oxygen atoms in total. The Morgan fingerprint density at radius 3 is 2.78 bits per heavy atom. The van der Waals surface area contributed by atoms with Gasteiger partial charge < -0.3 is 5.73 Å². The molecule has 3 heteroatoms. The molecule has 0 amide bonds. The Bertz CT molecular complexity index is 363. The molecule has 3 rings (SSSR count). The van der Waals surface area contributed by atoms with E-state index >= 15 is 0 Å². The highest BCUT2D eigenvalue weighted by Gasteiger charge is 2.31. The van der Waals surface area contributed by atoms with Crippen LogP contribution in [0.2, 0.25) is 0 Å². The quantitative estimate of drug-likeness (QED) is 0.852. The predicted octanol–water partition coefficient (Wildman–Crippen LogP) is 1.29. The molecular weight excluding hydrogens is 222 g/mol. The van der Waals surface area contributed by atoms with Crippen LogP contribution in [0.1, 0.15) is 18.4 Å². The average Bonchev–Trinajstić information content (AvgIpc) is 2.65. The zero-order valence-corrected chi connectivity index (χ0v) is 11.0. The van der Waals surface area contributed by atoms with Crippen LogP contribution in [0.5, 0.6) is 0 Å². The minimum atomic E-state index is 0.413. The SMILES string of the molecule is NC1CC2CCN(Cc3ccccc3)CCN2C1. The topological polar surface area (TPSA) is 32.5 Å². The highest BCUT2D eigenvalue weighted by Crippen LogP contribution is 2.22. The molecule has 2 saturated heterocycles. The van der Waals surface area contributed by atoms with Gasteiger partial charge in [0.25, 0.3) is 0 Å². The molecule has 0 bridgehead atoms. The third-order valence-corrected chi connectivity index (χ3v) is 4.29. The van der Waals surface area contributed by atoms with Crippen molar-refractivity contribution in [3.63, 3.8) is 0 Å². The molecule has 1 aromatic rings. The molecule has 2 heterocycles. The summed E-state index contributed by atoms with van der Waals surface area (Å²) in [7, 11) is 0. The van der Waals surface area contributed by atoms with Crippen molar-refractivity contribution in [1.82, 2.24) is 9.80 Å². The molecule has 2 aliphatic rings. The van der Waals surface area contributed by atoms with Gasteiger partial charge in [0.15, 0.2) is 0 Å². The maximum absolute atomic E-state index is 6.05. The van der Waals surface area contributed by atoms with E-state index in [-0.39, 0.29) is 0 Å². The van der Waals surface area contributed by atoms with Crippen molar-refractivity contribution in [1.29, 1.82) is 0 Å².